The maximum Gasteiger partial charge on any atom is 0.264 e. The minimum Gasteiger partial charge on any atom is -0.496 e. The first kappa shape index (κ1) is 29.5. The molecule has 0 radical (unpaired) electrons. The highest BCUT2D eigenvalue weighted by Crippen LogP contribution is 2.40. The number of amides is 1. The number of fused-ring (bicyclic) bond motifs is 1. The number of carbonyl (C=O) groups excluding carboxylic acids is 1. The standard InChI is InChI=1S/C32H40N2O5S/c1-20(2)25-18-26(21(3)16-29(25)38-8)22(4)33-31(35)30-19-34(40(36,37)24-12-10-9-11-13-24)27-17-23(32(5,6)7)14-15-28(27)39-30/h9-18,20,22,30H,19H2,1-8H3,(H,33,35)/t22-,30+/m1/s1. The fourth-order valence-corrected chi connectivity index (χ4v) is 6.48. The number of aryl methyl sites for hydroxylation is 1. The number of ether oxygens (including phenoxy) is 2. The van der Waals surface area contributed by atoms with Crippen LogP contribution in [0, 0.1) is 6.92 Å². The summed E-state index contributed by atoms with van der Waals surface area (Å²) in [4.78, 5) is 13.8. The van der Waals surface area contributed by atoms with E-state index in [1.165, 1.54) is 4.31 Å². The molecular weight excluding hydrogens is 524 g/mol. The number of methoxy groups -OCH3 is 1. The van der Waals surface area contributed by atoms with Gasteiger partial charge in [-0.25, -0.2) is 8.42 Å². The maximum atomic E-state index is 13.9. The lowest BCUT2D eigenvalue weighted by Gasteiger charge is -2.36. The lowest BCUT2D eigenvalue weighted by atomic mass is 9.86. The van der Waals surface area contributed by atoms with Gasteiger partial charge in [-0.05, 0) is 83.8 Å². The zero-order valence-corrected chi connectivity index (χ0v) is 25.4. The van der Waals surface area contributed by atoms with Gasteiger partial charge in [-0.15, -0.1) is 0 Å². The Hall–Kier alpha value is -3.52. The number of nitrogens with one attached hydrogen (secondary N) is 1. The van der Waals surface area contributed by atoms with E-state index >= 15 is 0 Å². The van der Waals surface area contributed by atoms with E-state index in [-0.39, 0.29) is 34.7 Å². The molecule has 1 aliphatic rings. The molecule has 7 nitrogen and oxygen atoms in total. The molecule has 0 bridgehead atoms. The molecule has 4 rings (SSSR count). The van der Waals surface area contributed by atoms with E-state index < -0.39 is 16.1 Å². The van der Waals surface area contributed by atoms with E-state index in [4.69, 9.17) is 9.47 Å². The summed E-state index contributed by atoms with van der Waals surface area (Å²) in [6, 6.07) is 17.5. The zero-order chi connectivity index (χ0) is 29.4. The second-order valence-electron chi connectivity index (χ2n) is 11.7. The first-order valence-electron chi connectivity index (χ1n) is 13.6. The van der Waals surface area contributed by atoms with Crippen molar-refractivity contribution in [1.82, 2.24) is 5.32 Å². The molecule has 3 aromatic rings. The van der Waals surface area contributed by atoms with Gasteiger partial charge in [0.25, 0.3) is 15.9 Å². The Labute approximate surface area is 238 Å². The molecule has 0 aliphatic carbocycles. The van der Waals surface area contributed by atoms with Crippen LogP contribution < -0.4 is 19.1 Å². The van der Waals surface area contributed by atoms with Crippen molar-refractivity contribution in [3.8, 4) is 11.5 Å². The van der Waals surface area contributed by atoms with Crippen molar-refractivity contribution < 1.29 is 22.7 Å². The fraction of sp³-hybridized carbons (Fsp3) is 0.406. The third-order valence-corrected chi connectivity index (χ3v) is 9.18. The van der Waals surface area contributed by atoms with Crippen molar-refractivity contribution >= 4 is 21.6 Å². The number of hydrogen-bond donors (Lipinski definition) is 1. The van der Waals surface area contributed by atoms with Gasteiger partial charge in [0.15, 0.2) is 6.10 Å². The summed E-state index contributed by atoms with van der Waals surface area (Å²) in [7, 11) is -2.30. The van der Waals surface area contributed by atoms with Gasteiger partial charge in [0.05, 0.1) is 30.3 Å². The smallest absolute Gasteiger partial charge is 0.264 e. The molecule has 0 fully saturated rings. The van der Waals surface area contributed by atoms with Crippen LogP contribution in [0.2, 0.25) is 0 Å². The number of anilines is 1. The van der Waals surface area contributed by atoms with Crippen molar-refractivity contribution in [2.45, 2.75) is 76.8 Å². The molecule has 0 saturated heterocycles. The molecule has 2 atom stereocenters. The highest BCUT2D eigenvalue weighted by Gasteiger charge is 2.38. The quantitative estimate of drug-likeness (QED) is 0.366. The van der Waals surface area contributed by atoms with Gasteiger partial charge in [-0.1, -0.05) is 58.9 Å². The maximum absolute atomic E-state index is 13.9. The Morgan fingerprint density at radius 1 is 1.02 bits per heavy atom. The van der Waals surface area contributed by atoms with E-state index in [2.05, 4.69) is 46.0 Å². The van der Waals surface area contributed by atoms with Crippen LogP contribution in [0.25, 0.3) is 0 Å². The van der Waals surface area contributed by atoms with Crippen LogP contribution in [-0.2, 0) is 20.2 Å². The molecule has 3 aromatic carbocycles. The normalized spacial score (nSPS) is 16.2. The third kappa shape index (κ3) is 5.82. The average Bonchev–Trinajstić information content (AvgIpc) is 2.91. The number of nitrogens with zero attached hydrogens (tertiary/aromatic N) is 1. The average molecular weight is 565 g/mol. The van der Waals surface area contributed by atoms with Crippen LogP contribution in [0.3, 0.4) is 0 Å². The largest absolute Gasteiger partial charge is 0.496 e. The van der Waals surface area contributed by atoms with Gasteiger partial charge in [-0.2, -0.15) is 0 Å². The van der Waals surface area contributed by atoms with Crippen LogP contribution in [0.15, 0.2) is 65.6 Å². The summed E-state index contributed by atoms with van der Waals surface area (Å²) in [5.41, 5.74) is 4.22. The first-order valence-corrected chi connectivity index (χ1v) is 15.1. The van der Waals surface area contributed by atoms with Crippen LogP contribution in [0.1, 0.15) is 75.8 Å². The molecule has 1 N–H and O–H groups in total. The van der Waals surface area contributed by atoms with E-state index in [0.717, 1.165) is 28.0 Å². The van der Waals surface area contributed by atoms with E-state index in [9.17, 15) is 13.2 Å². The Morgan fingerprint density at radius 3 is 2.30 bits per heavy atom. The molecule has 0 saturated carbocycles. The van der Waals surface area contributed by atoms with Gasteiger partial charge in [0.1, 0.15) is 11.5 Å². The van der Waals surface area contributed by atoms with E-state index in [1.807, 2.05) is 32.0 Å². The molecule has 1 heterocycles. The fourth-order valence-electron chi connectivity index (χ4n) is 5.00. The van der Waals surface area contributed by atoms with Crippen LogP contribution in [0.4, 0.5) is 5.69 Å². The monoisotopic (exact) mass is 564 g/mol. The van der Waals surface area contributed by atoms with Crippen molar-refractivity contribution in [1.29, 1.82) is 0 Å². The predicted molar refractivity (Wildman–Crippen MR) is 159 cm³/mol. The summed E-state index contributed by atoms with van der Waals surface area (Å²) in [5.74, 6) is 1.03. The van der Waals surface area contributed by atoms with Crippen LogP contribution >= 0.6 is 0 Å². The Balaban J connectivity index is 1.68. The molecule has 0 spiro atoms. The Morgan fingerprint density at radius 2 is 1.70 bits per heavy atom. The van der Waals surface area contributed by atoms with Crippen molar-refractivity contribution in [3.63, 3.8) is 0 Å². The highest BCUT2D eigenvalue weighted by atomic mass is 32.2. The van der Waals surface area contributed by atoms with E-state index in [0.29, 0.717) is 11.4 Å². The second kappa shape index (κ2) is 11.2. The highest BCUT2D eigenvalue weighted by molar-refractivity contribution is 7.92. The predicted octanol–water partition coefficient (Wildman–Crippen LogP) is 6.26. The minimum atomic E-state index is -3.95. The second-order valence-corrected chi connectivity index (χ2v) is 13.6. The van der Waals surface area contributed by atoms with Crippen molar-refractivity contribution in [2.24, 2.45) is 0 Å². The zero-order valence-electron chi connectivity index (χ0n) is 24.6. The van der Waals surface area contributed by atoms with E-state index in [1.54, 1.807) is 43.5 Å². The summed E-state index contributed by atoms with van der Waals surface area (Å²) in [6.07, 6.45) is -1.03. The lowest BCUT2D eigenvalue weighted by molar-refractivity contribution is -0.128. The van der Waals surface area contributed by atoms with Gasteiger partial charge in [-0.3, -0.25) is 9.10 Å². The van der Waals surface area contributed by atoms with Gasteiger partial charge >= 0.3 is 0 Å². The molecule has 0 unspecified atom stereocenters. The molecule has 0 aromatic heterocycles. The Bertz CT molecular complexity index is 1490. The third-order valence-electron chi connectivity index (χ3n) is 7.38. The summed E-state index contributed by atoms with van der Waals surface area (Å²) in [5, 5.41) is 3.06. The van der Waals surface area contributed by atoms with Gasteiger partial charge in [0.2, 0.25) is 0 Å². The molecule has 40 heavy (non-hydrogen) atoms. The number of benzene rings is 3. The van der Waals surface area contributed by atoms with Gasteiger partial charge in [0, 0.05) is 0 Å². The van der Waals surface area contributed by atoms with Crippen molar-refractivity contribution in [3.05, 3.63) is 82.9 Å². The Kier molecular flexibility index (Phi) is 8.22. The van der Waals surface area contributed by atoms with Crippen molar-refractivity contribution in [2.75, 3.05) is 18.0 Å². The molecule has 8 heteroatoms. The molecule has 1 aliphatic heterocycles. The summed E-state index contributed by atoms with van der Waals surface area (Å²) < 4.78 is 40.7. The number of carbonyl (C=O) groups is 1. The number of hydrogen-bond acceptors (Lipinski definition) is 5. The molecule has 1 amide bonds. The van der Waals surface area contributed by atoms with Gasteiger partial charge < -0.3 is 14.8 Å². The van der Waals surface area contributed by atoms with Crippen LogP contribution in [-0.4, -0.2) is 34.1 Å². The summed E-state index contributed by atoms with van der Waals surface area (Å²) in [6.45, 7) is 14.2. The lowest BCUT2D eigenvalue weighted by Crippen LogP contribution is -2.51. The SMILES string of the molecule is COc1cc(C)c([C@@H](C)NC(=O)[C@@H]2CN(S(=O)(=O)c3ccccc3)c3cc(C(C)(C)C)ccc3O2)cc1C(C)C. The minimum absolute atomic E-state index is 0.144. The number of rotatable bonds is 7. The molecule has 214 valence electrons. The summed E-state index contributed by atoms with van der Waals surface area (Å²) >= 11 is 0. The topological polar surface area (TPSA) is 84.9 Å². The first-order chi connectivity index (χ1) is 18.7. The number of sulfonamides is 1. The molecular formula is C32H40N2O5S. The van der Waals surface area contributed by atoms with Crippen LogP contribution in [0.5, 0.6) is 11.5 Å².